The van der Waals surface area contributed by atoms with Crippen LogP contribution in [0.1, 0.15) is 92.9 Å². The molecule has 29 heavy (non-hydrogen) atoms. The zero-order chi connectivity index (χ0) is 22.1. The van der Waals surface area contributed by atoms with Crippen LogP contribution in [0.2, 0.25) is 13.3 Å². The summed E-state index contributed by atoms with van der Waals surface area (Å²) in [4.78, 5) is 11.7. The molecule has 0 aromatic carbocycles. The van der Waals surface area contributed by atoms with Gasteiger partial charge in [-0.2, -0.15) is 0 Å². The molecule has 0 fully saturated rings. The zero-order valence-corrected chi connectivity index (χ0v) is 23.0. The molecular weight excluding hydrogens is 467 g/mol. The van der Waals surface area contributed by atoms with Crippen LogP contribution in [0.15, 0.2) is 21.8 Å². The number of aliphatic hydroxyl groups excluding tert-OH is 1. The van der Waals surface area contributed by atoms with E-state index in [4.69, 9.17) is 4.74 Å². The molecule has 170 valence electrons. The van der Waals surface area contributed by atoms with E-state index in [-0.39, 0.29) is 18.0 Å². The molecule has 0 aromatic heterocycles. The third-order valence-electron chi connectivity index (χ3n) is 5.81. The first-order chi connectivity index (χ1) is 13.8. The molecule has 3 nitrogen and oxygen atoms in total. The van der Waals surface area contributed by atoms with E-state index in [1.165, 1.54) is 51.8 Å². The summed E-state index contributed by atoms with van der Waals surface area (Å²) in [6, 6.07) is 0. The molecule has 0 bridgehead atoms. The number of ether oxygens (including phenoxy) is 1. The van der Waals surface area contributed by atoms with E-state index in [1.54, 1.807) is 0 Å². The summed E-state index contributed by atoms with van der Waals surface area (Å²) in [5.74, 6) is 0.0254. The van der Waals surface area contributed by atoms with Gasteiger partial charge in [0.25, 0.3) is 0 Å². The van der Waals surface area contributed by atoms with Crippen molar-refractivity contribution >= 4 is 24.3 Å². The molecule has 0 aliphatic carbocycles. The predicted octanol–water partition coefficient (Wildman–Crippen LogP) is 7.22. The maximum absolute atomic E-state index is 11.7. The molecule has 0 radical (unpaired) electrons. The third-order valence-corrected chi connectivity index (χ3v) is 19.9. The van der Waals surface area contributed by atoms with Gasteiger partial charge in [0.1, 0.15) is 0 Å². The van der Waals surface area contributed by atoms with Gasteiger partial charge < -0.3 is 0 Å². The molecule has 0 amide bonds. The van der Waals surface area contributed by atoms with Gasteiger partial charge in [-0.3, -0.25) is 0 Å². The molecule has 1 unspecified atom stereocenters. The SMILES string of the molecule is CCC[CH2][Sn](/[CH]=C/C(O)CC[C@H](C)/C=C(\C)C(=O)OCC)([CH2]CCC)[CH2]CCC. The van der Waals surface area contributed by atoms with Crippen molar-refractivity contribution in [1.82, 2.24) is 0 Å². The molecule has 0 spiro atoms. The van der Waals surface area contributed by atoms with Gasteiger partial charge in [-0.05, 0) is 0 Å². The average molecular weight is 515 g/mol. The third kappa shape index (κ3) is 13.6. The van der Waals surface area contributed by atoms with E-state index in [1.807, 2.05) is 19.9 Å². The second-order valence-corrected chi connectivity index (χ2v) is 21.7. The molecule has 0 saturated heterocycles. The summed E-state index contributed by atoms with van der Waals surface area (Å²) < 4.78 is 11.9. The Kier molecular flexibility index (Phi) is 17.2. The fraction of sp³-hybridized carbons (Fsp3) is 0.800. The summed E-state index contributed by atoms with van der Waals surface area (Å²) in [5.41, 5.74) is 0.665. The van der Waals surface area contributed by atoms with Crippen molar-refractivity contribution in [3.63, 3.8) is 0 Å². The van der Waals surface area contributed by atoms with Crippen molar-refractivity contribution in [1.29, 1.82) is 0 Å². The Bertz CT molecular complexity index is 463. The van der Waals surface area contributed by atoms with Crippen LogP contribution in [0.5, 0.6) is 0 Å². The van der Waals surface area contributed by atoms with Crippen molar-refractivity contribution < 1.29 is 14.6 Å². The molecule has 0 aliphatic heterocycles. The number of aliphatic hydroxyl groups is 1. The van der Waals surface area contributed by atoms with Gasteiger partial charge in [0.05, 0.1) is 0 Å². The van der Waals surface area contributed by atoms with Gasteiger partial charge >= 0.3 is 186 Å². The molecule has 0 saturated carbocycles. The number of unbranched alkanes of at least 4 members (excludes halogenated alkanes) is 3. The maximum atomic E-state index is 11.7. The zero-order valence-electron chi connectivity index (χ0n) is 20.1. The van der Waals surface area contributed by atoms with Gasteiger partial charge in [-0.25, -0.2) is 0 Å². The molecule has 0 rings (SSSR count). The minimum atomic E-state index is -2.30. The van der Waals surface area contributed by atoms with Crippen LogP contribution < -0.4 is 0 Å². The quantitative estimate of drug-likeness (QED) is 0.126. The Morgan fingerprint density at radius 3 is 1.93 bits per heavy atom. The van der Waals surface area contributed by atoms with Gasteiger partial charge in [-0.1, -0.05) is 0 Å². The number of carbonyl (C=O) groups is 1. The van der Waals surface area contributed by atoms with E-state index >= 15 is 0 Å². The van der Waals surface area contributed by atoms with Crippen LogP contribution in [-0.2, 0) is 9.53 Å². The second kappa shape index (κ2) is 17.4. The molecule has 1 N–H and O–H groups in total. The number of allylic oxidation sites excluding steroid dienone is 1. The molecular formula is C25H48O3Sn. The summed E-state index contributed by atoms with van der Waals surface area (Å²) in [5, 5.41) is 10.6. The van der Waals surface area contributed by atoms with Gasteiger partial charge in [0.15, 0.2) is 0 Å². The van der Waals surface area contributed by atoms with Crippen LogP contribution in [0.4, 0.5) is 0 Å². The summed E-state index contributed by atoms with van der Waals surface area (Å²) in [6.45, 7) is 13.0. The van der Waals surface area contributed by atoms with Gasteiger partial charge in [0, 0.05) is 0 Å². The van der Waals surface area contributed by atoms with Gasteiger partial charge in [-0.15, -0.1) is 0 Å². The fourth-order valence-corrected chi connectivity index (χ4v) is 18.3. The predicted molar refractivity (Wildman–Crippen MR) is 129 cm³/mol. The first kappa shape index (κ1) is 28.7. The standard InChI is InChI=1S/C13H21O3.3C4H9.Sn/c1-5-12(14)8-7-10(3)9-11(4)13(15)16-6-2;3*1-3-4-2;/h1,5,9-10,12,14H,6-8H2,2-4H3;3*1,3-4H2,2H3;/b5-1?,11-9+;;;;/t10-,12?;;;;/m0..../s1. The van der Waals surface area contributed by atoms with Crippen molar-refractivity contribution in [3.8, 4) is 0 Å². The molecule has 0 aliphatic rings. The van der Waals surface area contributed by atoms with Gasteiger partial charge in [0.2, 0.25) is 0 Å². The van der Waals surface area contributed by atoms with Crippen molar-refractivity contribution in [2.45, 2.75) is 112 Å². The minimum absolute atomic E-state index is 0.235. The first-order valence-corrected chi connectivity index (χ1v) is 19.8. The number of hydrogen-bond donors (Lipinski definition) is 1. The Morgan fingerprint density at radius 1 is 0.966 bits per heavy atom. The second-order valence-electron chi connectivity index (χ2n) is 8.72. The summed E-state index contributed by atoms with van der Waals surface area (Å²) in [7, 11) is 0. The van der Waals surface area contributed by atoms with E-state index in [0.717, 1.165) is 12.8 Å². The number of hydrogen-bond acceptors (Lipinski definition) is 3. The van der Waals surface area contributed by atoms with Crippen molar-refractivity contribution in [2.75, 3.05) is 6.61 Å². The number of rotatable bonds is 17. The summed E-state index contributed by atoms with van der Waals surface area (Å²) >= 11 is -2.30. The van der Waals surface area contributed by atoms with Crippen molar-refractivity contribution in [3.05, 3.63) is 21.8 Å². The Labute approximate surface area is 185 Å². The monoisotopic (exact) mass is 516 g/mol. The topological polar surface area (TPSA) is 46.5 Å². The van der Waals surface area contributed by atoms with Crippen LogP contribution in [0.25, 0.3) is 0 Å². The normalized spacial score (nSPS) is 14.9. The first-order valence-electron chi connectivity index (χ1n) is 12.1. The van der Waals surface area contributed by atoms with Crippen LogP contribution in [0.3, 0.4) is 0 Å². The Morgan fingerprint density at radius 2 is 1.48 bits per heavy atom. The number of carbonyl (C=O) groups excluding carboxylic acids is 1. The van der Waals surface area contributed by atoms with Crippen LogP contribution >= 0.6 is 0 Å². The van der Waals surface area contributed by atoms with Crippen LogP contribution in [0, 0.1) is 5.92 Å². The Hall–Kier alpha value is -0.291. The average Bonchev–Trinajstić information content (AvgIpc) is 2.71. The molecule has 0 heterocycles. The van der Waals surface area contributed by atoms with Crippen molar-refractivity contribution in [2.24, 2.45) is 5.92 Å². The summed E-state index contributed by atoms with van der Waals surface area (Å²) in [6.07, 6.45) is 13.2. The van der Waals surface area contributed by atoms with E-state index in [0.29, 0.717) is 12.2 Å². The van der Waals surface area contributed by atoms with Crippen LogP contribution in [-0.4, -0.2) is 42.2 Å². The molecule has 2 atom stereocenters. The van der Waals surface area contributed by atoms with E-state index < -0.39 is 18.4 Å². The fourth-order valence-electron chi connectivity index (χ4n) is 3.88. The van der Waals surface area contributed by atoms with E-state index in [9.17, 15) is 9.90 Å². The molecule has 4 heteroatoms. The Balaban J connectivity index is 4.91. The molecule has 0 aromatic rings. The van der Waals surface area contributed by atoms with E-state index in [2.05, 4.69) is 37.9 Å². The number of esters is 1.